The van der Waals surface area contributed by atoms with Gasteiger partial charge in [0.2, 0.25) is 0 Å². The molecule has 0 aliphatic rings. The van der Waals surface area contributed by atoms with E-state index in [4.69, 9.17) is 0 Å². The minimum atomic E-state index is -3.58. The first-order valence-electron chi connectivity index (χ1n) is 3.92. The summed E-state index contributed by atoms with van der Waals surface area (Å²) in [6.45, 7) is 0. The van der Waals surface area contributed by atoms with Gasteiger partial charge in [-0.05, 0) is 22.9 Å². The Morgan fingerprint density at radius 1 is 1.29 bits per heavy atom. The molecule has 0 unspecified atom stereocenters. The Bertz CT molecular complexity index is 554. The third-order valence-corrected chi connectivity index (χ3v) is 4.34. The molecule has 14 heavy (non-hydrogen) atoms. The van der Waals surface area contributed by atoms with E-state index in [2.05, 4.69) is 4.18 Å². The number of hydrogen-bond acceptors (Lipinski definition) is 4. The lowest BCUT2D eigenvalue weighted by atomic mass is 10.3. The highest BCUT2D eigenvalue weighted by atomic mass is 32.2. The SMILES string of the molecule is COS(=O)(=O)c1cccc2ccsc12. The summed E-state index contributed by atoms with van der Waals surface area (Å²) in [5, 5.41) is 2.78. The van der Waals surface area contributed by atoms with E-state index in [1.807, 2.05) is 17.5 Å². The van der Waals surface area contributed by atoms with Gasteiger partial charge >= 0.3 is 0 Å². The molecule has 0 aliphatic heterocycles. The van der Waals surface area contributed by atoms with E-state index in [1.165, 1.54) is 18.4 Å². The summed E-state index contributed by atoms with van der Waals surface area (Å²) in [5.41, 5.74) is 0. The second-order valence-corrected chi connectivity index (χ2v) is 5.31. The molecule has 0 fully saturated rings. The topological polar surface area (TPSA) is 43.4 Å². The van der Waals surface area contributed by atoms with Crippen LogP contribution in [0.4, 0.5) is 0 Å². The zero-order valence-corrected chi connectivity index (χ0v) is 9.06. The van der Waals surface area contributed by atoms with Crippen molar-refractivity contribution in [3.8, 4) is 0 Å². The molecule has 2 rings (SSSR count). The quantitative estimate of drug-likeness (QED) is 0.740. The average Bonchev–Trinajstić information content (AvgIpc) is 2.64. The van der Waals surface area contributed by atoms with Crippen molar-refractivity contribution in [1.29, 1.82) is 0 Å². The largest absolute Gasteiger partial charge is 0.298 e. The van der Waals surface area contributed by atoms with E-state index >= 15 is 0 Å². The van der Waals surface area contributed by atoms with Crippen LogP contribution in [-0.4, -0.2) is 15.5 Å². The van der Waals surface area contributed by atoms with Crippen molar-refractivity contribution >= 4 is 31.5 Å². The van der Waals surface area contributed by atoms with E-state index in [1.54, 1.807) is 12.1 Å². The molecule has 3 nitrogen and oxygen atoms in total. The van der Waals surface area contributed by atoms with Crippen LogP contribution in [0.25, 0.3) is 10.1 Å². The molecule has 0 bridgehead atoms. The minimum Gasteiger partial charge on any atom is -0.270 e. The lowest BCUT2D eigenvalue weighted by molar-refractivity contribution is 0.398. The van der Waals surface area contributed by atoms with Crippen LogP contribution in [0.15, 0.2) is 34.5 Å². The summed E-state index contributed by atoms with van der Waals surface area (Å²) in [6, 6.07) is 7.02. The van der Waals surface area contributed by atoms with Gasteiger partial charge in [-0.1, -0.05) is 12.1 Å². The fraction of sp³-hybridized carbons (Fsp3) is 0.111. The van der Waals surface area contributed by atoms with Gasteiger partial charge in [0.25, 0.3) is 10.1 Å². The molecule has 74 valence electrons. The minimum absolute atomic E-state index is 0.243. The molecule has 0 atom stereocenters. The molecule has 0 spiro atoms. The molecular weight excluding hydrogens is 220 g/mol. The molecular formula is C9H8O3S2. The zero-order chi connectivity index (χ0) is 10.2. The van der Waals surface area contributed by atoms with E-state index in [-0.39, 0.29) is 4.90 Å². The Hall–Kier alpha value is -0.910. The first-order valence-corrected chi connectivity index (χ1v) is 6.21. The number of fused-ring (bicyclic) bond motifs is 1. The standard InChI is InChI=1S/C9H8O3S2/c1-12-14(10,11)8-4-2-3-7-5-6-13-9(7)8/h2-6H,1H3. The van der Waals surface area contributed by atoms with Gasteiger partial charge in [0.1, 0.15) is 4.90 Å². The van der Waals surface area contributed by atoms with Crippen LogP contribution in [-0.2, 0) is 14.3 Å². The molecule has 0 N–H and O–H groups in total. The van der Waals surface area contributed by atoms with Crippen molar-refractivity contribution < 1.29 is 12.6 Å². The smallest absolute Gasteiger partial charge is 0.270 e. The van der Waals surface area contributed by atoms with Gasteiger partial charge < -0.3 is 0 Å². The van der Waals surface area contributed by atoms with Crippen molar-refractivity contribution in [2.24, 2.45) is 0 Å². The maximum absolute atomic E-state index is 11.5. The summed E-state index contributed by atoms with van der Waals surface area (Å²) >= 11 is 1.40. The predicted octanol–water partition coefficient (Wildman–Crippen LogP) is 2.24. The van der Waals surface area contributed by atoms with Gasteiger partial charge in [0, 0.05) is 0 Å². The molecule has 1 heterocycles. The first-order chi connectivity index (χ1) is 6.65. The van der Waals surface area contributed by atoms with Gasteiger partial charge in [0.05, 0.1) is 11.8 Å². The van der Waals surface area contributed by atoms with Gasteiger partial charge in [0.15, 0.2) is 0 Å². The van der Waals surface area contributed by atoms with Crippen LogP contribution in [0.5, 0.6) is 0 Å². The van der Waals surface area contributed by atoms with E-state index in [9.17, 15) is 8.42 Å². The summed E-state index contributed by atoms with van der Waals surface area (Å²) in [5.74, 6) is 0. The average molecular weight is 228 g/mol. The van der Waals surface area contributed by atoms with Crippen molar-refractivity contribution in [3.05, 3.63) is 29.6 Å². The number of thiophene rings is 1. The molecule has 2 aromatic rings. The van der Waals surface area contributed by atoms with Gasteiger partial charge in [-0.3, -0.25) is 4.18 Å². The summed E-state index contributed by atoms with van der Waals surface area (Å²) in [6.07, 6.45) is 0. The van der Waals surface area contributed by atoms with Gasteiger partial charge in [-0.2, -0.15) is 8.42 Å². The Labute approximate surface area is 86.1 Å². The number of rotatable bonds is 2. The van der Waals surface area contributed by atoms with Crippen LogP contribution in [0.2, 0.25) is 0 Å². The monoisotopic (exact) mass is 228 g/mol. The fourth-order valence-corrected chi connectivity index (χ4v) is 3.28. The van der Waals surface area contributed by atoms with E-state index in [0.717, 1.165) is 10.1 Å². The normalized spacial score (nSPS) is 12.1. The Morgan fingerprint density at radius 3 is 2.79 bits per heavy atom. The molecule has 1 aromatic carbocycles. The zero-order valence-electron chi connectivity index (χ0n) is 7.43. The third-order valence-electron chi connectivity index (χ3n) is 1.93. The summed E-state index contributed by atoms with van der Waals surface area (Å²) in [7, 11) is -2.42. The highest BCUT2D eigenvalue weighted by Crippen LogP contribution is 2.28. The molecule has 0 saturated heterocycles. The van der Waals surface area contributed by atoms with E-state index in [0.29, 0.717) is 0 Å². The third kappa shape index (κ3) is 1.43. The second kappa shape index (κ2) is 3.34. The second-order valence-electron chi connectivity index (χ2n) is 2.72. The molecule has 0 radical (unpaired) electrons. The van der Waals surface area contributed by atoms with E-state index < -0.39 is 10.1 Å². The molecule has 0 aliphatic carbocycles. The lowest BCUT2D eigenvalue weighted by Gasteiger charge is -2.01. The van der Waals surface area contributed by atoms with Crippen molar-refractivity contribution in [2.45, 2.75) is 4.90 Å². The maximum Gasteiger partial charge on any atom is 0.298 e. The Morgan fingerprint density at radius 2 is 2.07 bits per heavy atom. The molecule has 0 saturated carbocycles. The molecule has 5 heteroatoms. The van der Waals surface area contributed by atoms with Crippen LogP contribution in [0.1, 0.15) is 0 Å². The highest BCUT2D eigenvalue weighted by molar-refractivity contribution is 7.87. The molecule has 0 amide bonds. The summed E-state index contributed by atoms with van der Waals surface area (Å²) in [4.78, 5) is 0.243. The van der Waals surface area contributed by atoms with Gasteiger partial charge in [-0.25, -0.2) is 0 Å². The van der Waals surface area contributed by atoms with Crippen LogP contribution in [0, 0.1) is 0 Å². The van der Waals surface area contributed by atoms with Crippen LogP contribution >= 0.6 is 11.3 Å². The van der Waals surface area contributed by atoms with Crippen molar-refractivity contribution in [2.75, 3.05) is 7.11 Å². The highest BCUT2D eigenvalue weighted by Gasteiger charge is 2.16. The Balaban J connectivity index is 2.81. The van der Waals surface area contributed by atoms with Crippen LogP contribution in [0.3, 0.4) is 0 Å². The lowest BCUT2D eigenvalue weighted by Crippen LogP contribution is -2.02. The van der Waals surface area contributed by atoms with Crippen molar-refractivity contribution in [1.82, 2.24) is 0 Å². The number of hydrogen-bond donors (Lipinski definition) is 0. The first kappa shape index (κ1) is 9.64. The fourth-order valence-electron chi connectivity index (χ4n) is 1.25. The Kier molecular flexibility index (Phi) is 2.30. The predicted molar refractivity (Wildman–Crippen MR) is 56.0 cm³/mol. The molecule has 1 aromatic heterocycles. The van der Waals surface area contributed by atoms with Crippen LogP contribution < -0.4 is 0 Å². The number of benzene rings is 1. The van der Waals surface area contributed by atoms with Crippen molar-refractivity contribution in [3.63, 3.8) is 0 Å². The summed E-state index contributed by atoms with van der Waals surface area (Å²) < 4.78 is 28.2. The van der Waals surface area contributed by atoms with Gasteiger partial charge in [-0.15, -0.1) is 11.3 Å². The maximum atomic E-state index is 11.5.